The highest BCUT2D eigenvalue weighted by Gasteiger charge is 2.23. The van der Waals surface area contributed by atoms with Gasteiger partial charge >= 0.3 is 0 Å². The Morgan fingerprint density at radius 3 is 1.54 bits per heavy atom. The predicted molar refractivity (Wildman–Crippen MR) is 251 cm³/mol. The number of nitrogens with zero attached hydrogens (tertiary/aromatic N) is 4. The molecule has 0 aliphatic carbocycles. The first-order chi connectivity index (χ1) is 29.2. The van der Waals surface area contributed by atoms with Crippen molar-refractivity contribution in [2.24, 2.45) is 0 Å². The number of hydrogen-bond donors (Lipinski definition) is 0. The van der Waals surface area contributed by atoms with Crippen molar-refractivity contribution in [3.8, 4) is 39.9 Å². The van der Waals surface area contributed by atoms with Crippen LogP contribution in [-0.4, -0.2) is 19.5 Å². The van der Waals surface area contributed by atoms with Crippen LogP contribution in [0.25, 0.3) is 124 Å². The fourth-order valence-corrected chi connectivity index (χ4v) is 11.4. The lowest BCUT2D eigenvalue weighted by atomic mass is 10.0. The molecule has 0 unspecified atom stereocenters. The Morgan fingerprint density at radius 2 is 0.864 bits per heavy atom. The molecule has 0 saturated carbocycles. The van der Waals surface area contributed by atoms with Gasteiger partial charge in [-0.15, -0.1) is 22.7 Å². The van der Waals surface area contributed by atoms with Crippen LogP contribution in [0.1, 0.15) is 0 Å². The Kier molecular flexibility index (Phi) is 7.02. The molecule has 0 bridgehead atoms. The summed E-state index contributed by atoms with van der Waals surface area (Å²) >= 11 is 3.62. The van der Waals surface area contributed by atoms with E-state index in [2.05, 4.69) is 168 Å². The summed E-state index contributed by atoms with van der Waals surface area (Å²) in [5, 5.41) is 12.1. The molecule has 4 nitrogen and oxygen atoms in total. The van der Waals surface area contributed by atoms with E-state index < -0.39 is 0 Å². The molecule has 6 heteroatoms. The maximum atomic E-state index is 5.50. The van der Waals surface area contributed by atoms with Gasteiger partial charge in [-0.1, -0.05) is 127 Å². The number of benzene rings is 9. The molecule has 13 aromatic rings. The smallest absolute Gasteiger partial charge is 0.166 e. The van der Waals surface area contributed by atoms with Crippen LogP contribution in [0.15, 0.2) is 182 Å². The predicted octanol–water partition coefficient (Wildman–Crippen LogP) is 15.0. The summed E-state index contributed by atoms with van der Waals surface area (Å²) in [6.45, 7) is 0. The van der Waals surface area contributed by atoms with Gasteiger partial charge in [0.1, 0.15) is 0 Å². The molecule has 274 valence electrons. The molecule has 13 rings (SSSR count). The highest BCUT2D eigenvalue weighted by atomic mass is 32.1. The zero-order chi connectivity index (χ0) is 38.6. The molecule has 0 spiro atoms. The molecule has 0 radical (unpaired) electrons. The molecule has 0 aliphatic heterocycles. The van der Waals surface area contributed by atoms with Gasteiger partial charge in [-0.3, -0.25) is 0 Å². The van der Waals surface area contributed by atoms with Gasteiger partial charge in [0.05, 0.1) is 16.7 Å². The molecule has 59 heavy (non-hydrogen) atoms. The number of aromatic nitrogens is 4. The lowest BCUT2D eigenvalue weighted by Crippen LogP contribution is -2.04. The topological polar surface area (TPSA) is 43.6 Å². The summed E-state index contributed by atoms with van der Waals surface area (Å²) in [6, 6.07) is 65.6. The highest BCUT2D eigenvalue weighted by molar-refractivity contribution is 7.26. The standard InChI is InChI=1S/C53H30N4S2/c1-2-13-31(14-3-1)51-54-52(39-22-12-21-38-36-19-8-11-24-48(36)59-50(38)39)56-53(55-51)43-29-42-37-20-9-10-23-47(37)58-49(42)30-46(43)57-44-27-34-17-6-4-15-32(34)25-40(44)41-26-33-16-5-7-18-35(33)28-45(41)57/h1-30H. The van der Waals surface area contributed by atoms with E-state index in [0.717, 1.165) is 33.4 Å². The first-order valence-corrected chi connectivity index (χ1v) is 21.4. The zero-order valence-electron chi connectivity index (χ0n) is 31.4. The van der Waals surface area contributed by atoms with Crippen molar-refractivity contribution >= 4 is 106 Å². The normalized spacial score (nSPS) is 12.1. The van der Waals surface area contributed by atoms with E-state index >= 15 is 0 Å². The largest absolute Gasteiger partial charge is 0.308 e. The molecule has 0 atom stereocenters. The second-order valence-corrected chi connectivity index (χ2v) is 17.3. The van der Waals surface area contributed by atoms with E-state index in [9.17, 15) is 0 Å². The summed E-state index contributed by atoms with van der Waals surface area (Å²) < 4.78 is 7.35. The second kappa shape index (κ2) is 12.6. The van der Waals surface area contributed by atoms with E-state index in [1.165, 1.54) is 72.7 Å². The summed E-state index contributed by atoms with van der Waals surface area (Å²) in [5.74, 6) is 1.94. The molecule has 0 amide bonds. The third kappa shape index (κ3) is 5.04. The van der Waals surface area contributed by atoms with Gasteiger partial charge in [-0.2, -0.15) is 0 Å². The maximum Gasteiger partial charge on any atom is 0.166 e. The average Bonchev–Trinajstić information content (AvgIpc) is 3.96. The van der Waals surface area contributed by atoms with E-state index in [-0.39, 0.29) is 0 Å². The minimum Gasteiger partial charge on any atom is -0.308 e. The van der Waals surface area contributed by atoms with Gasteiger partial charge in [0.15, 0.2) is 17.5 Å². The quantitative estimate of drug-likeness (QED) is 0.178. The first-order valence-electron chi connectivity index (χ1n) is 19.8. The zero-order valence-corrected chi connectivity index (χ0v) is 33.1. The van der Waals surface area contributed by atoms with Gasteiger partial charge in [-0.25, -0.2) is 15.0 Å². The number of thiophene rings is 2. The van der Waals surface area contributed by atoms with Crippen LogP contribution in [0.3, 0.4) is 0 Å². The average molecular weight is 787 g/mol. The Labute approximate surface area is 345 Å². The molecule has 4 aromatic heterocycles. The van der Waals surface area contributed by atoms with Crippen molar-refractivity contribution in [1.82, 2.24) is 19.5 Å². The van der Waals surface area contributed by atoms with E-state index in [0.29, 0.717) is 17.5 Å². The second-order valence-electron chi connectivity index (χ2n) is 15.2. The first kappa shape index (κ1) is 32.8. The van der Waals surface area contributed by atoms with Gasteiger partial charge in [-0.05, 0) is 76.1 Å². The van der Waals surface area contributed by atoms with Crippen LogP contribution in [0.4, 0.5) is 0 Å². The number of fused-ring (bicyclic) bond motifs is 11. The summed E-state index contributed by atoms with van der Waals surface area (Å²) in [5.41, 5.74) is 6.21. The van der Waals surface area contributed by atoms with Crippen LogP contribution in [0.5, 0.6) is 0 Å². The third-order valence-corrected chi connectivity index (χ3v) is 14.1. The van der Waals surface area contributed by atoms with Gasteiger partial charge in [0.25, 0.3) is 0 Å². The molecule has 0 saturated heterocycles. The van der Waals surface area contributed by atoms with Crippen molar-refractivity contribution in [2.45, 2.75) is 0 Å². The van der Waals surface area contributed by atoms with Crippen LogP contribution in [-0.2, 0) is 0 Å². The van der Waals surface area contributed by atoms with E-state index in [1.54, 1.807) is 11.3 Å². The van der Waals surface area contributed by atoms with Crippen molar-refractivity contribution in [2.75, 3.05) is 0 Å². The lowest BCUT2D eigenvalue weighted by Gasteiger charge is -2.16. The lowest BCUT2D eigenvalue weighted by molar-refractivity contribution is 1.07. The molecule has 0 fully saturated rings. The monoisotopic (exact) mass is 786 g/mol. The molecule has 4 heterocycles. The van der Waals surface area contributed by atoms with Gasteiger partial charge in [0, 0.05) is 67.8 Å². The summed E-state index contributed by atoms with van der Waals surface area (Å²) in [4.78, 5) is 16.2. The molecular weight excluding hydrogens is 757 g/mol. The number of rotatable bonds is 4. The Hall–Kier alpha value is -7.25. The van der Waals surface area contributed by atoms with Crippen molar-refractivity contribution in [1.29, 1.82) is 0 Å². The third-order valence-electron chi connectivity index (χ3n) is 11.8. The molecule has 0 N–H and O–H groups in total. The van der Waals surface area contributed by atoms with Crippen molar-refractivity contribution in [3.05, 3.63) is 182 Å². The Bertz CT molecular complexity index is 3760. The SMILES string of the molecule is c1ccc(-c2nc(-c3cc4c(cc3-n3c5cc6ccccc6cc5c5cc6ccccc6cc53)sc3ccccc34)nc(-c3cccc4c3sc3ccccc34)n2)cc1. The minimum atomic E-state index is 0.635. The summed E-state index contributed by atoms with van der Waals surface area (Å²) in [7, 11) is 0. The van der Waals surface area contributed by atoms with E-state index in [4.69, 9.17) is 15.0 Å². The fraction of sp³-hybridized carbons (Fsp3) is 0. The molecule has 0 aliphatic rings. The summed E-state index contributed by atoms with van der Waals surface area (Å²) in [6.07, 6.45) is 0. The van der Waals surface area contributed by atoms with Crippen molar-refractivity contribution in [3.63, 3.8) is 0 Å². The van der Waals surface area contributed by atoms with E-state index in [1.807, 2.05) is 29.5 Å². The van der Waals surface area contributed by atoms with Crippen LogP contribution >= 0.6 is 22.7 Å². The van der Waals surface area contributed by atoms with Crippen LogP contribution < -0.4 is 0 Å². The molecular formula is C53H30N4S2. The molecule has 9 aromatic carbocycles. The maximum absolute atomic E-state index is 5.50. The number of hydrogen-bond acceptors (Lipinski definition) is 5. The Balaban J connectivity index is 1.18. The van der Waals surface area contributed by atoms with Gasteiger partial charge in [0.2, 0.25) is 0 Å². The van der Waals surface area contributed by atoms with Crippen molar-refractivity contribution < 1.29 is 0 Å². The highest BCUT2D eigenvalue weighted by Crippen LogP contribution is 2.45. The Morgan fingerprint density at radius 1 is 0.339 bits per heavy atom. The van der Waals surface area contributed by atoms with Crippen LogP contribution in [0.2, 0.25) is 0 Å². The minimum absolute atomic E-state index is 0.635. The fourth-order valence-electron chi connectivity index (χ4n) is 9.03. The van der Waals surface area contributed by atoms with Crippen LogP contribution in [0, 0.1) is 0 Å². The van der Waals surface area contributed by atoms with Gasteiger partial charge < -0.3 is 4.57 Å².